The highest BCUT2D eigenvalue weighted by atomic mass is 32.2. The number of carboxylic acid groups (broad SMARTS) is 1. The summed E-state index contributed by atoms with van der Waals surface area (Å²) in [7, 11) is -3.52. The topological polar surface area (TPSA) is 95.2 Å². The van der Waals surface area contributed by atoms with Crippen LogP contribution in [0.2, 0.25) is 0 Å². The molecule has 0 bridgehead atoms. The Bertz CT molecular complexity index is 300. The van der Waals surface area contributed by atoms with Crippen LogP contribution in [0.15, 0.2) is 0 Å². The molecular weight excluding hydrogens is 182 g/mol. The van der Waals surface area contributed by atoms with Crippen molar-refractivity contribution in [1.29, 1.82) is 5.26 Å². The zero-order chi connectivity index (χ0) is 9.78. The summed E-state index contributed by atoms with van der Waals surface area (Å²) in [4.78, 5) is 10.2. The molecule has 0 aromatic rings. The average Bonchev–Trinajstić information content (AvgIpc) is 1.85. The Morgan fingerprint density at radius 1 is 1.67 bits per heavy atom. The number of hydrogen-bond acceptors (Lipinski definition) is 4. The highest BCUT2D eigenvalue weighted by Crippen LogP contribution is 2.01. The van der Waals surface area contributed by atoms with Gasteiger partial charge in [-0.15, -0.1) is 0 Å². The SMILES string of the molecule is CC(CS(=O)(=O)CC#N)C(=O)O. The molecule has 0 aliphatic carbocycles. The summed E-state index contributed by atoms with van der Waals surface area (Å²) in [6.07, 6.45) is 0. The van der Waals surface area contributed by atoms with E-state index in [-0.39, 0.29) is 0 Å². The molecule has 0 aliphatic heterocycles. The molecule has 12 heavy (non-hydrogen) atoms. The van der Waals surface area contributed by atoms with Crippen LogP contribution in [0.1, 0.15) is 6.92 Å². The molecule has 0 radical (unpaired) electrons. The van der Waals surface area contributed by atoms with Crippen LogP contribution in [0.5, 0.6) is 0 Å². The fourth-order valence-corrected chi connectivity index (χ4v) is 1.83. The molecule has 1 atom stereocenters. The van der Waals surface area contributed by atoms with Crippen LogP contribution in [-0.4, -0.2) is 31.0 Å². The molecule has 0 aromatic heterocycles. The summed E-state index contributed by atoms with van der Waals surface area (Å²) in [5, 5.41) is 16.4. The minimum absolute atomic E-state index is 0.476. The molecule has 0 heterocycles. The highest BCUT2D eigenvalue weighted by Gasteiger charge is 2.20. The maximum atomic E-state index is 10.9. The standard InChI is InChI=1S/C6H9NO4S/c1-5(6(8)9)4-12(10,11)3-2-7/h5H,3-4H2,1H3,(H,8,9). The first-order valence-corrected chi connectivity index (χ1v) is 5.01. The van der Waals surface area contributed by atoms with Crippen molar-refractivity contribution in [1.82, 2.24) is 0 Å². The second-order valence-corrected chi connectivity index (χ2v) is 4.56. The van der Waals surface area contributed by atoms with Gasteiger partial charge in [0.05, 0.1) is 17.7 Å². The van der Waals surface area contributed by atoms with Crippen LogP contribution >= 0.6 is 0 Å². The number of hydrogen-bond donors (Lipinski definition) is 1. The van der Waals surface area contributed by atoms with Gasteiger partial charge in [-0.2, -0.15) is 5.26 Å². The Hall–Kier alpha value is -1.09. The first-order valence-electron chi connectivity index (χ1n) is 3.19. The third-order valence-electron chi connectivity index (χ3n) is 1.21. The van der Waals surface area contributed by atoms with Crippen molar-refractivity contribution in [3.63, 3.8) is 0 Å². The molecule has 6 heteroatoms. The van der Waals surface area contributed by atoms with E-state index < -0.39 is 33.2 Å². The van der Waals surface area contributed by atoms with Crippen molar-refractivity contribution in [2.75, 3.05) is 11.5 Å². The smallest absolute Gasteiger partial charge is 0.307 e. The number of rotatable bonds is 4. The minimum atomic E-state index is -3.52. The molecule has 0 aliphatic rings. The number of carboxylic acids is 1. The van der Waals surface area contributed by atoms with Crippen LogP contribution in [0.3, 0.4) is 0 Å². The first-order chi connectivity index (χ1) is 5.39. The lowest BCUT2D eigenvalue weighted by molar-refractivity contribution is -0.140. The van der Waals surface area contributed by atoms with E-state index in [1.165, 1.54) is 13.0 Å². The summed E-state index contributed by atoms with van der Waals surface area (Å²) in [6, 6.07) is 1.47. The lowest BCUT2D eigenvalue weighted by Crippen LogP contribution is -2.22. The molecule has 0 saturated carbocycles. The largest absolute Gasteiger partial charge is 0.481 e. The second-order valence-electron chi connectivity index (χ2n) is 2.45. The molecule has 0 fully saturated rings. The molecule has 68 valence electrons. The number of nitriles is 1. The summed E-state index contributed by atoms with van der Waals surface area (Å²) >= 11 is 0. The molecule has 0 aromatic carbocycles. The maximum absolute atomic E-state index is 10.9. The van der Waals surface area contributed by atoms with Crippen LogP contribution in [0.4, 0.5) is 0 Å². The van der Waals surface area contributed by atoms with Crippen molar-refractivity contribution in [3.05, 3.63) is 0 Å². The van der Waals surface area contributed by atoms with E-state index >= 15 is 0 Å². The monoisotopic (exact) mass is 191 g/mol. The summed E-state index contributed by atoms with van der Waals surface area (Å²) < 4.78 is 21.7. The van der Waals surface area contributed by atoms with Crippen LogP contribution in [-0.2, 0) is 14.6 Å². The van der Waals surface area contributed by atoms with Gasteiger partial charge in [-0.3, -0.25) is 4.79 Å². The Morgan fingerprint density at radius 2 is 2.17 bits per heavy atom. The number of nitrogens with zero attached hydrogens (tertiary/aromatic N) is 1. The lowest BCUT2D eigenvalue weighted by Gasteiger charge is -2.03. The predicted molar refractivity (Wildman–Crippen MR) is 41.1 cm³/mol. The van der Waals surface area contributed by atoms with Gasteiger partial charge < -0.3 is 5.11 Å². The lowest BCUT2D eigenvalue weighted by atomic mass is 10.2. The molecule has 0 amide bonds. The van der Waals surface area contributed by atoms with E-state index in [9.17, 15) is 13.2 Å². The molecule has 0 spiro atoms. The Balaban J connectivity index is 4.28. The van der Waals surface area contributed by atoms with Crippen molar-refractivity contribution in [2.24, 2.45) is 5.92 Å². The molecule has 0 saturated heterocycles. The molecular formula is C6H9NO4S. The minimum Gasteiger partial charge on any atom is -0.481 e. The third-order valence-corrected chi connectivity index (χ3v) is 2.79. The summed E-state index contributed by atoms with van der Waals surface area (Å²) in [5.41, 5.74) is 0. The fourth-order valence-electron chi connectivity index (χ4n) is 0.609. The predicted octanol–water partition coefficient (Wildman–Crippen LogP) is -0.355. The first kappa shape index (κ1) is 10.9. The zero-order valence-corrected chi connectivity index (χ0v) is 7.34. The van der Waals surface area contributed by atoms with Gasteiger partial charge in [0, 0.05) is 0 Å². The number of carbonyl (C=O) groups is 1. The quantitative estimate of drug-likeness (QED) is 0.655. The van der Waals surface area contributed by atoms with E-state index in [0.29, 0.717) is 0 Å². The van der Waals surface area contributed by atoms with Crippen LogP contribution in [0, 0.1) is 17.2 Å². The average molecular weight is 191 g/mol. The third kappa shape index (κ3) is 3.93. The van der Waals surface area contributed by atoms with Crippen molar-refractivity contribution < 1.29 is 18.3 Å². The number of sulfone groups is 1. The summed E-state index contributed by atoms with van der Waals surface area (Å²) in [6.45, 7) is 1.29. The Labute approximate surface area is 70.5 Å². The number of aliphatic carboxylic acids is 1. The Morgan fingerprint density at radius 3 is 2.50 bits per heavy atom. The van der Waals surface area contributed by atoms with Gasteiger partial charge >= 0.3 is 5.97 Å². The van der Waals surface area contributed by atoms with Gasteiger partial charge in [0.2, 0.25) is 0 Å². The normalized spacial score (nSPS) is 13.3. The molecule has 0 rings (SSSR count). The van der Waals surface area contributed by atoms with Crippen molar-refractivity contribution in [3.8, 4) is 6.07 Å². The fraction of sp³-hybridized carbons (Fsp3) is 0.667. The van der Waals surface area contributed by atoms with Gasteiger partial charge in [-0.25, -0.2) is 8.42 Å². The van der Waals surface area contributed by atoms with E-state index in [4.69, 9.17) is 10.4 Å². The zero-order valence-electron chi connectivity index (χ0n) is 6.52. The second kappa shape index (κ2) is 4.07. The summed E-state index contributed by atoms with van der Waals surface area (Å²) in [5.74, 6) is -3.22. The van der Waals surface area contributed by atoms with Gasteiger partial charge in [0.25, 0.3) is 0 Å². The van der Waals surface area contributed by atoms with Gasteiger partial charge in [-0.05, 0) is 0 Å². The van der Waals surface area contributed by atoms with Crippen LogP contribution in [0.25, 0.3) is 0 Å². The van der Waals surface area contributed by atoms with Crippen LogP contribution < -0.4 is 0 Å². The van der Waals surface area contributed by atoms with Gasteiger partial charge in [0.15, 0.2) is 9.84 Å². The van der Waals surface area contributed by atoms with Crippen molar-refractivity contribution in [2.45, 2.75) is 6.92 Å². The van der Waals surface area contributed by atoms with Gasteiger partial charge in [-0.1, -0.05) is 6.92 Å². The van der Waals surface area contributed by atoms with Crippen molar-refractivity contribution >= 4 is 15.8 Å². The maximum Gasteiger partial charge on any atom is 0.307 e. The molecule has 5 nitrogen and oxygen atoms in total. The molecule has 1 N–H and O–H groups in total. The van der Waals surface area contributed by atoms with E-state index in [0.717, 1.165) is 0 Å². The van der Waals surface area contributed by atoms with E-state index in [1.54, 1.807) is 0 Å². The molecule has 1 unspecified atom stereocenters. The van der Waals surface area contributed by atoms with E-state index in [2.05, 4.69) is 0 Å². The highest BCUT2D eigenvalue weighted by molar-refractivity contribution is 7.91. The van der Waals surface area contributed by atoms with E-state index in [1.807, 2.05) is 0 Å². The Kier molecular flexibility index (Phi) is 3.70. The van der Waals surface area contributed by atoms with Gasteiger partial charge in [0.1, 0.15) is 5.75 Å².